The molecule has 0 saturated heterocycles. The second-order valence-corrected chi connectivity index (χ2v) is 28.4. The SMILES string of the molecule is CC(C)(C)N(O)c1ccccc1C[NH+](Cc1ccccc1N(O)C(C)(C)C)Cc1ccccc1N(O)C(C)(C)C.CC(C)(C)N(O)c1ccccc1C[NH+](Cc1ccccc1N(O)C(C)(C)C)Cc1ccccc1N(O)C(C)(C)C.[Br-].[Br-].c1ccccc1. The summed E-state index contributed by atoms with van der Waals surface area (Å²) >= 11 is 0. The molecule has 0 spiro atoms. The third-order valence-corrected chi connectivity index (χ3v) is 14.4. The minimum absolute atomic E-state index is 0. The number of hydroxylamine groups is 6. The van der Waals surface area contributed by atoms with Gasteiger partial charge in [0.25, 0.3) is 0 Å². The van der Waals surface area contributed by atoms with Crippen molar-refractivity contribution < 1.29 is 75.0 Å². The van der Waals surface area contributed by atoms with Gasteiger partial charge in [-0.2, -0.15) is 0 Å². The van der Waals surface area contributed by atoms with Crippen molar-refractivity contribution in [2.75, 3.05) is 30.4 Å². The molecule has 7 aromatic rings. The van der Waals surface area contributed by atoms with Crippen molar-refractivity contribution in [3.8, 4) is 0 Å². The lowest BCUT2D eigenvalue weighted by Gasteiger charge is -2.35. The van der Waals surface area contributed by atoms with Crippen LogP contribution in [-0.2, 0) is 39.3 Å². The van der Waals surface area contributed by atoms with E-state index in [2.05, 4.69) is 36.4 Å². The van der Waals surface area contributed by atoms with E-state index in [-0.39, 0.29) is 34.0 Å². The van der Waals surface area contributed by atoms with Gasteiger partial charge in [0.05, 0.1) is 67.4 Å². The van der Waals surface area contributed by atoms with Gasteiger partial charge < -0.3 is 43.8 Å². The number of halogens is 2. The largest absolute Gasteiger partial charge is 1.00 e. The molecule has 482 valence electrons. The van der Waals surface area contributed by atoms with Gasteiger partial charge in [0.1, 0.15) is 39.3 Å². The van der Waals surface area contributed by atoms with E-state index in [4.69, 9.17) is 0 Å². The molecular formula is C72H104Br2N8O6. The van der Waals surface area contributed by atoms with Gasteiger partial charge in [0, 0.05) is 33.4 Å². The van der Waals surface area contributed by atoms with Gasteiger partial charge in [-0.3, -0.25) is 61.6 Å². The van der Waals surface area contributed by atoms with E-state index in [9.17, 15) is 31.2 Å². The fourth-order valence-corrected chi connectivity index (χ4v) is 9.75. The van der Waals surface area contributed by atoms with Crippen LogP contribution in [0.2, 0.25) is 0 Å². The average Bonchev–Trinajstić information content (AvgIpc) is 1.90. The minimum atomic E-state index is -0.469. The van der Waals surface area contributed by atoms with Crippen molar-refractivity contribution >= 4 is 34.1 Å². The predicted octanol–water partition coefficient (Wildman–Crippen LogP) is 8.60. The molecule has 0 amide bonds. The summed E-state index contributed by atoms with van der Waals surface area (Å²) in [6.07, 6.45) is 0. The van der Waals surface area contributed by atoms with Gasteiger partial charge in [0.2, 0.25) is 0 Å². The highest BCUT2D eigenvalue weighted by Crippen LogP contribution is 2.32. The molecule has 0 aliphatic carbocycles. The molecule has 7 rings (SSSR count). The Morgan fingerprint density at radius 1 is 0.216 bits per heavy atom. The molecule has 0 aromatic heterocycles. The zero-order chi connectivity index (χ0) is 64.0. The maximum atomic E-state index is 11.1. The Kier molecular flexibility index (Phi) is 28.3. The number of rotatable bonds is 18. The number of anilines is 6. The number of quaternary nitrogens is 2. The van der Waals surface area contributed by atoms with Gasteiger partial charge in [-0.05, 0) is 161 Å². The maximum Gasteiger partial charge on any atom is 0.105 e. The molecule has 0 aliphatic heterocycles. The Morgan fingerprint density at radius 2 is 0.330 bits per heavy atom. The van der Waals surface area contributed by atoms with Crippen LogP contribution < -0.4 is 74.1 Å². The summed E-state index contributed by atoms with van der Waals surface area (Å²) in [5.41, 5.74) is 7.88. The maximum absolute atomic E-state index is 11.1. The van der Waals surface area contributed by atoms with E-state index in [1.807, 2.05) is 270 Å². The third kappa shape index (κ3) is 22.2. The predicted molar refractivity (Wildman–Crippen MR) is 353 cm³/mol. The average molecular weight is 1340 g/mol. The van der Waals surface area contributed by atoms with E-state index in [1.54, 1.807) is 0 Å². The van der Waals surface area contributed by atoms with Crippen LogP contribution in [0.5, 0.6) is 0 Å². The van der Waals surface area contributed by atoms with Crippen LogP contribution in [0.4, 0.5) is 34.1 Å². The zero-order valence-electron chi connectivity index (χ0n) is 55.7. The van der Waals surface area contributed by atoms with Gasteiger partial charge in [-0.15, -0.1) is 0 Å². The lowest BCUT2D eigenvalue weighted by atomic mass is 10.0. The summed E-state index contributed by atoms with van der Waals surface area (Å²) < 4.78 is 0. The summed E-state index contributed by atoms with van der Waals surface area (Å²) in [5, 5.41) is 74.6. The molecule has 0 aliphatic rings. The highest BCUT2D eigenvalue weighted by molar-refractivity contribution is 5.57. The first-order valence-corrected chi connectivity index (χ1v) is 30.1. The Bertz CT molecular complexity index is 2650. The lowest BCUT2D eigenvalue weighted by Crippen LogP contribution is -3.08. The number of benzene rings is 7. The lowest BCUT2D eigenvalue weighted by molar-refractivity contribution is -0.941. The quantitative estimate of drug-likeness (QED) is 0.0389. The van der Waals surface area contributed by atoms with E-state index < -0.39 is 33.2 Å². The van der Waals surface area contributed by atoms with Gasteiger partial charge >= 0.3 is 0 Å². The van der Waals surface area contributed by atoms with Crippen molar-refractivity contribution in [1.82, 2.24) is 0 Å². The fraction of sp³-hybridized carbons (Fsp3) is 0.417. The molecule has 0 atom stereocenters. The third-order valence-electron chi connectivity index (χ3n) is 14.4. The van der Waals surface area contributed by atoms with Crippen molar-refractivity contribution in [2.24, 2.45) is 0 Å². The normalized spacial score (nSPS) is 11.9. The summed E-state index contributed by atoms with van der Waals surface area (Å²) in [5.74, 6) is 0. The molecule has 0 unspecified atom stereocenters. The Balaban J connectivity index is 0.000000410. The van der Waals surface area contributed by atoms with Crippen molar-refractivity contribution in [3.63, 3.8) is 0 Å². The minimum Gasteiger partial charge on any atom is -1.00 e. The molecule has 88 heavy (non-hydrogen) atoms. The summed E-state index contributed by atoms with van der Waals surface area (Å²) in [4.78, 5) is 2.39. The highest BCUT2D eigenvalue weighted by atomic mass is 79.9. The smallest absolute Gasteiger partial charge is 0.105 e. The standard InChI is InChI=1S/2C33H48N4O3.C6H6.2BrH/c2*1-31(2,3)35(38)28-19-13-10-16-25(28)22-34(23-26-17-11-14-20-29(26)36(39)32(4,5)6)24-27-18-12-15-21-30(27)37(40)33(7,8)9;1-2-4-6-5-3-1;;/h2*10-21,38-40H,22-24H2,1-9H3;1-6H;2*1H. The molecule has 0 bridgehead atoms. The first-order valence-electron chi connectivity index (χ1n) is 30.1. The Morgan fingerprint density at radius 3 is 0.443 bits per heavy atom. The first kappa shape index (κ1) is 76.2. The molecule has 0 fully saturated rings. The number of nitrogens with zero attached hydrogens (tertiary/aromatic N) is 6. The van der Waals surface area contributed by atoms with Crippen LogP contribution in [0.15, 0.2) is 182 Å². The number of hydrogen-bond donors (Lipinski definition) is 8. The monoisotopic (exact) mass is 1330 g/mol. The van der Waals surface area contributed by atoms with E-state index in [0.29, 0.717) is 39.3 Å². The van der Waals surface area contributed by atoms with Crippen LogP contribution in [0, 0.1) is 0 Å². The molecule has 0 saturated carbocycles. The van der Waals surface area contributed by atoms with Crippen LogP contribution in [0.25, 0.3) is 0 Å². The zero-order valence-corrected chi connectivity index (χ0v) is 58.9. The van der Waals surface area contributed by atoms with Gasteiger partial charge in [-0.25, -0.2) is 0 Å². The summed E-state index contributed by atoms with van der Waals surface area (Å²) in [6, 6.07) is 59.7. The van der Waals surface area contributed by atoms with Crippen LogP contribution in [0.3, 0.4) is 0 Å². The number of hydrogen-bond acceptors (Lipinski definition) is 12. The summed E-state index contributed by atoms with van der Waals surface area (Å²) in [7, 11) is 0. The van der Waals surface area contributed by atoms with Crippen molar-refractivity contribution in [1.29, 1.82) is 0 Å². The highest BCUT2D eigenvalue weighted by Gasteiger charge is 2.31. The molecule has 7 aromatic carbocycles. The molecule has 14 nitrogen and oxygen atoms in total. The molecule has 16 heteroatoms. The van der Waals surface area contributed by atoms with E-state index >= 15 is 0 Å². The van der Waals surface area contributed by atoms with Gasteiger partial charge in [-0.1, -0.05) is 146 Å². The van der Waals surface area contributed by atoms with Crippen molar-refractivity contribution in [2.45, 2.75) is 197 Å². The topological polar surface area (TPSA) is 150 Å². The van der Waals surface area contributed by atoms with Crippen LogP contribution >= 0.6 is 0 Å². The Hall–Kier alpha value is -6.02. The van der Waals surface area contributed by atoms with Crippen LogP contribution in [-0.4, -0.2) is 64.5 Å². The molecule has 0 radical (unpaired) electrons. The van der Waals surface area contributed by atoms with E-state index in [1.165, 1.54) is 40.2 Å². The fourth-order valence-electron chi connectivity index (χ4n) is 9.75. The second-order valence-electron chi connectivity index (χ2n) is 28.4. The molecule has 0 heterocycles. The van der Waals surface area contributed by atoms with Gasteiger partial charge in [0.15, 0.2) is 0 Å². The molecule has 8 N–H and O–H groups in total. The van der Waals surface area contributed by atoms with Crippen molar-refractivity contribution in [3.05, 3.63) is 215 Å². The first-order chi connectivity index (χ1) is 40.0. The van der Waals surface area contributed by atoms with E-state index in [0.717, 1.165) is 67.5 Å². The molecular weight excluding hydrogens is 1230 g/mol. The number of para-hydroxylation sites is 6. The summed E-state index contributed by atoms with van der Waals surface area (Å²) in [6.45, 7) is 39.3. The second kappa shape index (κ2) is 32.6. The van der Waals surface area contributed by atoms with Crippen LogP contribution in [0.1, 0.15) is 158 Å². The number of nitrogens with one attached hydrogen (secondary N) is 2. The Labute approximate surface area is 548 Å².